The fraction of sp³-hybridized carbons (Fsp3) is 0.750. The van der Waals surface area contributed by atoms with Gasteiger partial charge in [-0.25, -0.2) is 0 Å². The number of amides is 1. The summed E-state index contributed by atoms with van der Waals surface area (Å²) < 4.78 is 30.4. The minimum Gasteiger partial charge on any atom is -0.756 e. The summed E-state index contributed by atoms with van der Waals surface area (Å²) in [6.07, 6.45) is 82.3. The molecule has 0 aromatic rings. The van der Waals surface area contributed by atoms with Crippen molar-refractivity contribution in [2.75, 3.05) is 40.9 Å². The van der Waals surface area contributed by atoms with Crippen LogP contribution in [-0.2, 0) is 27.9 Å². The second-order valence-corrected chi connectivity index (χ2v) is 25.4. The number of phosphoric acid groups is 1. The lowest BCUT2D eigenvalue weighted by Crippen LogP contribution is -2.47. The van der Waals surface area contributed by atoms with Gasteiger partial charge in [-0.15, -0.1) is 0 Å². The van der Waals surface area contributed by atoms with Gasteiger partial charge in [0.2, 0.25) is 5.91 Å². The molecule has 0 fully saturated rings. The van der Waals surface area contributed by atoms with Crippen molar-refractivity contribution in [2.24, 2.45) is 0 Å². The molecule has 0 aromatic carbocycles. The third kappa shape index (κ3) is 61.5. The van der Waals surface area contributed by atoms with E-state index in [9.17, 15) is 19.0 Å². The number of carbonyl (C=O) groups excluding carboxylic acids is 2. The molecule has 3 unspecified atom stereocenters. The number of nitrogens with one attached hydrogen (secondary N) is 1. The molecule has 10 heteroatoms. The second-order valence-electron chi connectivity index (χ2n) is 24.0. The highest BCUT2D eigenvalue weighted by Crippen LogP contribution is 2.38. The lowest BCUT2D eigenvalue weighted by Gasteiger charge is -2.30. The van der Waals surface area contributed by atoms with Crippen LogP contribution in [0.15, 0.2) is 97.2 Å². The smallest absolute Gasteiger partial charge is 0.306 e. The molecule has 1 N–H and O–H groups in total. The third-order valence-electron chi connectivity index (χ3n) is 14.7. The molecular formula is C72H129N2O7P. The summed E-state index contributed by atoms with van der Waals surface area (Å²) in [6, 6.07) is -0.904. The van der Waals surface area contributed by atoms with E-state index in [0.29, 0.717) is 17.4 Å². The Balaban J connectivity index is 5.17. The number of hydrogen-bond acceptors (Lipinski definition) is 7. The van der Waals surface area contributed by atoms with Gasteiger partial charge in [-0.1, -0.05) is 266 Å². The van der Waals surface area contributed by atoms with E-state index in [1.165, 1.54) is 135 Å². The van der Waals surface area contributed by atoms with Crippen LogP contribution in [0.5, 0.6) is 0 Å². The number of rotatable bonds is 61. The summed E-state index contributed by atoms with van der Waals surface area (Å²) in [4.78, 5) is 40.1. The molecule has 9 nitrogen and oxygen atoms in total. The monoisotopic (exact) mass is 1160 g/mol. The molecule has 0 bridgehead atoms. The Hall–Kier alpha value is -3.07. The van der Waals surface area contributed by atoms with E-state index in [1.807, 2.05) is 33.3 Å². The maximum Gasteiger partial charge on any atom is 0.306 e. The molecule has 0 heterocycles. The first-order valence-electron chi connectivity index (χ1n) is 34.0. The number of likely N-dealkylation sites (N-methyl/N-ethyl adjacent to an activating group) is 1. The Bertz CT molecular complexity index is 1720. The molecular weight excluding hydrogens is 1040 g/mol. The molecule has 0 aliphatic carbocycles. The Morgan fingerprint density at radius 1 is 0.427 bits per heavy atom. The summed E-state index contributed by atoms with van der Waals surface area (Å²) in [5.41, 5.74) is 0. The van der Waals surface area contributed by atoms with Crippen LogP contribution in [0.3, 0.4) is 0 Å². The van der Waals surface area contributed by atoms with Gasteiger partial charge in [0.15, 0.2) is 0 Å². The molecule has 474 valence electrons. The topological polar surface area (TPSA) is 114 Å². The Morgan fingerprint density at radius 3 is 1.13 bits per heavy atom. The van der Waals surface area contributed by atoms with Crippen LogP contribution in [0.25, 0.3) is 0 Å². The van der Waals surface area contributed by atoms with Crippen LogP contribution in [0.2, 0.25) is 0 Å². The number of nitrogens with zero attached hydrogens (tertiary/aromatic N) is 1. The van der Waals surface area contributed by atoms with E-state index in [1.54, 1.807) is 0 Å². The summed E-state index contributed by atoms with van der Waals surface area (Å²) in [7, 11) is 1.16. The number of quaternary nitrogens is 1. The van der Waals surface area contributed by atoms with E-state index in [2.05, 4.69) is 111 Å². The molecule has 82 heavy (non-hydrogen) atoms. The van der Waals surface area contributed by atoms with Crippen LogP contribution in [0.1, 0.15) is 297 Å². The van der Waals surface area contributed by atoms with E-state index in [-0.39, 0.29) is 24.9 Å². The fourth-order valence-electron chi connectivity index (χ4n) is 9.45. The van der Waals surface area contributed by atoms with Crippen LogP contribution >= 0.6 is 7.82 Å². The normalized spacial score (nSPS) is 14.2. The number of ether oxygens (including phenoxy) is 1. The first-order valence-corrected chi connectivity index (χ1v) is 35.5. The van der Waals surface area contributed by atoms with Gasteiger partial charge >= 0.3 is 5.97 Å². The van der Waals surface area contributed by atoms with Crippen molar-refractivity contribution in [1.29, 1.82) is 0 Å². The predicted octanol–water partition coefficient (Wildman–Crippen LogP) is 20.9. The van der Waals surface area contributed by atoms with E-state index in [0.717, 1.165) is 128 Å². The van der Waals surface area contributed by atoms with Crippen LogP contribution < -0.4 is 10.2 Å². The lowest BCUT2D eigenvalue weighted by molar-refractivity contribution is -0.870. The van der Waals surface area contributed by atoms with Crippen molar-refractivity contribution in [1.82, 2.24) is 5.32 Å². The quantitative estimate of drug-likeness (QED) is 0.0212. The average molecular weight is 1170 g/mol. The highest BCUT2D eigenvalue weighted by molar-refractivity contribution is 7.45. The van der Waals surface area contributed by atoms with Gasteiger partial charge in [0.05, 0.1) is 33.8 Å². The Kier molecular flexibility index (Phi) is 58.7. The summed E-state index contributed by atoms with van der Waals surface area (Å²) in [6.45, 7) is 6.78. The SMILES string of the molecule is CCCCC/C=C\C/C=C\C/C=C\C/C=C\CCCCCCCCCCCC(=O)OC(/C=C\CCCCCCCCCCCC)C(COP(=O)([O-])OCC[N+](C)(C)C)NC(=O)CCCCCCCC/C=C\C/C=C\C/C=C\CCCCC. The lowest BCUT2D eigenvalue weighted by atomic mass is 10.0. The zero-order valence-corrected chi connectivity index (χ0v) is 55.1. The van der Waals surface area contributed by atoms with E-state index >= 15 is 0 Å². The molecule has 0 aromatic heterocycles. The van der Waals surface area contributed by atoms with Crippen LogP contribution in [0, 0.1) is 0 Å². The minimum absolute atomic E-state index is 0.0301. The fourth-order valence-corrected chi connectivity index (χ4v) is 10.2. The molecule has 0 radical (unpaired) electrons. The van der Waals surface area contributed by atoms with Crippen LogP contribution in [-0.4, -0.2) is 69.4 Å². The van der Waals surface area contributed by atoms with Gasteiger partial charge in [0, 0.05) is 12.8 Å². The molecule has 0 spiro atoms. The molecule has 0 aliphatic heterocycles. The molecule has 0 rings (SSSR count). The third-order valence-corrected chi connectivity index (χ3v) is 15.7. The van der Waals surface area contributed by atoms with Gasteiger partial charge in [-0.05, 0) is 115 Å². The first kappa shape index (κ1) is 78.9. The van der Waals surface area contributed by atoms with Gasteiger partial charge < -0.3 is 28.5 Å². The largest absolute Gasteiger partial charge is 0.756 e. The number of allylic oxidation sites excluding steroid dienone is 15. The minimum atomic E-state index is -4.71. The zero-order valence-electron chi connectivity index (χ0n) is 54.2. The maximum atomic E-state index is 13.6. The summed E-state index contributed by atoms with van der Waals surface area (Å²) >= 11 is 0. The van der Waals surface area contributed by atoms with Gasteiger partial charge in [0.1, 0.15) is 19.3 Å². The number of carbonyl (C=O) groups is 2. The molecule has 0 saturated heterocycles. The Labute approximate surface area is 507 Å². The zero-order chi connectivity index (χ0) is 60.0. The van der Waals surface area contributed by atoms with E-state index in [4.69, 9.17) is 13.8 Å². The average Bonchev–Trinajstić information content (AvgIpc) is 3.44. The second kappa shape index (κ2) is 61.0. The number of hydrogen-bond donors (Lipinski definition) is 1. The Morgan fingerprint density at radius 2 is 0.744 bits per heavy atom. The highest BCUT2D eigenvalue weighted by atomic mass is 31.2. The molecule has 0 saturated carbocycles. The summed E-state index contributed by atoms with van der Waals surface area (Å²) in [5.74, 6) is -0.562. The highest BCUT2D eigenvalue weighted by Gasteiger charge is 2.27. The van der Waals surface area contributed by atoms with Gasteiger partial charge in [0.25, 0.3) is 7.82 Å². The van der Waals surface area contributed by atoms with Crippen molar-refractivity contribution >= 4 is 19.7 Å². The first-order chi connectivity index (χ1) is 39.9. The molecule has 3 atom stereocenters. The van der Waals surface area contributed by atoms with Crippen molar-refractivity contribution in [3.8, 4) is 0 Å². The predicted molar refractivity (Wildman–Crippen MR) is 353 cm³/mol. The van der Waals surface area contributed by atoms with Crippen LogP contribution in [0.4, 0.5) is 0 Å². The van der Waals surface area contributed by atoms with Crippen molar-refractivity contribution in [2.45, 2.75) is 309 Å². The van der Waals surface area contributed by atoms with Gasteiger partial charge in [-0.2, -0.15) is 0 Å². The van der Waals surface area contributed by atoms with E-state index < -0.39 is 26.6 Å². The molecule has 1 amide bonds. The maximum absolute atomic E-state index is 13.6. The van der Waals surface area contributed by atoms with Crippen molar-refractivity contribution in [3.05, 3.63) is 97.2 Å². The standard InChI is InChI=1S/C72H129N2O7P/c1-7-10-13-16-19-22-25-28-30-32-34-35-36-37-38-39-41-43-45-47-50-53-56-59-62-65-72(76)81-70(63-60-57-54-51-48-27-24-21-18-15-12-9-3)69(68-80-82(77,78)79-67-66-74(4,5)6)73-71(75)64-61-58-55-52-49-46-44-42-40-33-31-29-26-23-20-17-14-11-8-2/h19-20,22-23,28-31,34-35,37-38,40,42,60,63,69-70H,7-18,21,24-27,32-33,36,39,41,43-59,61-62,64-68H2,1-6H3,(H-,73,75,77,78)/b22-19-,23-20-,30-28-,31-29-,35-34-,38-37-,42-40-,63-60-. The number of esters is 1. The van der Waals surface area contributed by atoms with Crippen molar-refractivity contribution in [3.63, 3.8) is 0 Å². The van der Waals surface area contributed by atoms with Gasteiger partial charge in [-0.3, -0.25) is 14.2 Å². The number of phosphoric ester groups is 1. The summed E-state index contributed by atoms with van der Waals surface area (Å²) in [5, 5.41) is 3.03. The van der Waals surface area contributed by atoms with Crippen molar-refractivity contribution < 1.29 is 37.3 Å². The number of unbranched alkanes of at least 4 members (excludes halogenated alkanes) is 31. The molecule has 0 aliphatic rings.